The van der Waals surface area contributed by atoms with Crippen molar-refractivity contribution in [3.05, 3.63) is 56.8 Å². The molecule has 0 fully saturated rings. The van der Waals surface area contributed by atoms with E-state index in [2.05, 4.69) is 31.9 Å². The normalized spacial score (nSPS) is 13.0. The molecule has 2 heterocycles. The number of alkyl halides is 1. The largest absolute Gasteiger partial charge is 0.457 e. The molecule has 3 rings (SSSR count). The summed E-state index contributed by atoms with van der Waals surface area (Å²) in [6.07, 6.45) is 1.64. The molecule has 4 nitrogen and oxygen atoms in total. The maximum atomic E-state index is 11.9. The van der Waals surface area contributed by atoms with E-state index >= 15 is 0 Å². The molecule has 0 aliphatic rings. The van der Waals surface area contributed by atoms with Gasteiger partial charge in [-0.3, -0.25) is 9.13 Å². The summed E-state index contributed by atoms with van der Waals surface area (Å²) in [6.45, 7) is 0. The first-order valence-electron chi connectivity index (χ1n) is 6.03. The fraction of sp³-hybridized carbons (Fsp3) is 0.214. The molecule has 0 saturated carbocycles. The van der Waals surface area contributed by atoms with Crippen molar-refractivity contribution in [2.75, 3.05) is 0 Å². The lowest BCUT2D eigenvalue weighted by molar-refractivity contribution is 0.537. The maximum Gasteiger partial charge on any atom is 0.328 e. The van der Waals surface area contributed by atoms with Gasteiger partial charge in [0.05, 0.1) is 22.1 Å². The van der Waals surface area contributed by atoms with E-state index in [0.29, 0.717) is 4.67 Å². The van der Waals surface area contributed by atoms with Crippen molar-refractivity contribution in [3.63, 3.8) is 0 Å². The lowest BCUT2D eigenvalue weighted by atomic mass is 10.1. The van der Waals surface area contributed by atoms with Crippen molar-refractivity contribution in [2.45, 2.75) is 4.83 Å². The van der Waals surface area contributed by atoms with E-state index in [9.17, 15) is 4.79 Å². The molecule has 0 aliphatic carbocycles. The van der Waals surface area contributed by atoms with Gasteiger partial charge in [0.1, 0.15) is 0 Å². The first-order chi connectivity index (χ1) is 9.50. The maximum absolute atomic E-state index is 11.9. The Bertz CT molecular complexity index is 845. The van der Waals surface area contributed by atoms with E-state index in [1.165, 1.54) is 0 Å². The monoisotopic (exact) mass is 398 g/mol. The van der Waals surface area contributed by atoms with E-state index in [1.54, 1.807) is 29.5 Å². The van der Waals surface area contributed by atoms with Crippen molar-refractivity contribution in [1.82, 2.24) is 9.13 Å². The second kappa shape index (κ2) is 4.93. The Morgan fingerprint density at radius 3 is 2.50 bits per heavy atom. The van der Waals surface area contributed by atoms with Gasteiger partial charge >= 0.3 is 5.69 Å². The number of fused-ring (bicyclic) bond motifs is 1. The zero-order chi connectivity index (χ0) is 14.4. The van der Waals surface area contributed by atoms with Gasteiger partial charge in [-0.2, -0.15) is 0 Å². The molecule has 0 radical (unpaired) electrons. The number of hydrogen-bond acceptors (Lipinski definition) is 2. The first kappa shape index (κ1) is 13.7. The van der Waals surface area contributed by atoms with Crippen LogP contribution >= 0.6 is 31.9 Å². The van der Waals surface area contributed by atoms with Crippen LogP contribution in [0.5, 0.6) is 0 Å². The molecule has 0 bridgehead atoms. The Balaban J connectivity index is 2.17. The SMILES string of the molecule is Cn1c(=O)n(C)c2cc(C(Br)c3ccoc3Br)ccc21. The fourth-order valence-electron chi connectivity index (χ4n) is 2.35. The summed E-state index contributed by atoms with van der Waals surface area (Å²) < 4.78 is 9.28. The standard InChI is InChI=1S/C14H12Br2N2O2/c1-17-10-4-3-8(7-11(10)18(2)14(17)19)12(15)9-5-6-20-13(9)16/h3-7,12H,1-2H3. The summed E-state index contributed by atoms with van der Waals surface area (Å²) in [5.41, 5.74) is 3.91. The predicted molar refractivity (Wildman–Crippen MR) is 85.3 cm³/mol. The molecule has 3 aromatic rings. The van der Waals surface area contributed by atoms with E-state index in [1.807, 2.05) is 24.3 Å². The third-order valence-electron chi connectivity index (χ3n) is 3.51. The number of aryl methyl sites for hydroxylation is 2. The third-order valence-corrected chi connectivity index (χ3v) is 5.17. The molecule has 0 saturated heterocycles. The molecular formula is C14H12Br2N2O2. The molecule has 0 aliphatic heterocycles. The van der Waals surface area contributed by atoms with Crippen LogP contribution in [0.15, 0.2) is 44.4 Å². The van der Waals surface area contributed by atoms with Gasteiger partial charge in [0.25, 0.3) is 0 Å². The molecule has 6 heteroatoms. The highest BCUT2D eigenvalue weighted by molar-refractivity contribution is 9.10. The van der Waals surface area contributed by atoms with Crippen molar-refractivity contribution in [3.8, 4) is 0 Å². The molecule has 20 heavy (non-hydrogen) atoms. The number of furan rings is 1. The van der Waals surface area contributed by atoms with Crippen LogP contribution in [0.4, 0.5) is 0 Å². The molecule has 1 aromatic carbocycles. The van der Waals surface area contributed by atoms with Gasteiger partial charge in [-0.25, -0.2) is 4.79 Å². The average Bonchev–Trinajstić information content (AvgIpc) is 2.97. The van der Waals surface area contributed by atoms with Gasteiger partial charge in [-0.15, -0.1) is 0 Å². The number of benzene rings is 1. The van der Waals surface area contributed by atoms with Gasteiger partial charge in [0.15, 0.2) is 4.67 Å². The highest BCUT2D eigenvalue weighted by Crippen LogP contribution is 2.36. The molecule has 0 N–H and O–H groups in total. The van der Waals surface area contributed by atoms with Gasteiger partial charge in [-0.1, -0.05) is 22.0 Å². The third kappa shape index (κ3) is 1.98. The van der Waals surface area contributed by atoms with Crippen molar-refractivity contribution >= 4 is 42.9 Å². The second-order valence-electron chi connectivity index (χ2n) is 4.66. The number of imidazole rings is 1. The number of aromatic nitrogens is 2. The van der Waals surface area contributed by atoms with Crippen LogP contribution < -0.4 is 5.69 Å². The van der Waals surface area contributed by atoms with Crippen LogP contribution in [0.1, 0.15) is 16.0 Å². The molecule has 1 unspecified atom stereocenters. The number of nitrogens with zero attached hydrogens (tertiary/aromatic N) is 2. The van der Waals surface area contributed by atoms with Crippen LogP contribution in [0.3, 0.4) is 0 Å². The zero-order valence-electron chi connectivity index (χ0n) is 10.9. The quantitative estimate of drug-likeness (QED) is 0.616. The van der Waals surface area contributed by atoms with Gasteiger partial charge in [0.2, 0.25) is 0 Å². The minimum atomic E-state index is -0.0206. The summed E-state index contributed by atoms with van der Waals surface area (Å²) in [5.74, 6) is 0. The van der Waals surface area contributed by atoms with Crippen molar-refractivity contribution in [2.24, 2.45) is 14.1 Å². The van der Waals surface area contributed by atoms with E-state index < -0.39 is 0 Å². The molecular weight excluding hydrogens is 388 g/mol. The minimum Gasteiger partial charge on any atom is -0.457 e. The van der Waals surface area contributed by atoms with Crippen LogP contribution in [-0.4, -0.2) is 9.13 Å². The van der Waals surface area contributed by atoms with E-state index in [0.717, 1.165) is 22.2 Å². The van der Waals surface area contributed by atoms with Crippen LogP contribution in [0.25, 0.3) is 11.0 Å². The Kier molecular flexibility index (Phi) is 3.38. The summed E-state index contributed by atoms with van der Waals surface area (Å²) in [6, 6.07) is 7.92. The molecule has 104 valence electrons. The summed E-state index contributed by atoms with van der Waals surface area (Å²) in [7, 11) is 3.56. The lowest BCUT2D eigenvalue weighted by Gasteiger charge is -2.09. The van der Waals surface area contributed by atoms with Crippen LogP contribution in [-0.2, 0) is 14.1 Å². The van der Waals surface area contributed by atoms with Crippen LogP contribution in [0, 0.1) is 0 Å². The predicted octanol–water partition coefficient (Wildman–Crippen LogP) is 3.72. The highest BCUT2D eigenvalue weighted by atomic mass is 79.9. The Morgan fingerprint density at radius 2 is 1.85 bits per heavy atom. The molecule has 0 amide bonds. The fourth-order valence-corrected chi connectivity index (χ4v) is 3.77. The average molecular weight is 400 g/mol. The van der Waals surface area contributed by atoms with E-state index in [4.69, 9.17) is 4.42 Å². The van der Waals surface area contributed by atoms with Crippen molar-refractivity contribution in [1.29, 1.82) is 0 Å². The highest BCUT2D eigenvalue weighted by Gasteiger charge is 2.17. The Hall–Kier alpha value is -1.27. The number of hydrogen-bond donors (Lipinski definition) is 0. The molecule has 2 aromatic heterocycles. The Morgan fingerprint density at radius 1 is 1.15 bits per heavy atom. The zero-order valence-corrected chi connectivity index (χ0v) is 14.1. The first-order valence-corrected chi connectivity index (χ1v) is 7.74. The van der Waals surface area contributed by atoms with Gasteiger partial charge in [-0.05, 0) is 39.7 Å². The van der Waals surface area contributed by atoms with E-state index in [-0.39, 0.29) is 10.5 Å². The van der Waals surface area contributed by atoms with Crippen LogP contribution in [0.2, 0.25) is 0 Å². The summed E-state index contributed by atoms with van der Waals surface area (Å²) >= 11 is 7.06. The van der Waals surface area contributed by atoms with Crippen molar-refractivity contribution < 1.29 is 4.42 Å². The molecule has 0 spiro atoms. The molecule has 1 atom stereocenters. The minimum absolute atomic E-state index is 0.00957. The Labute approximate surface area is 132 Å². The topological polar surface area (TPSA) is 40.1 Å². The number of halogens is 2. The summed E-state index contributed by atoms with van der Waals surface area (Å²) in [5, 5.41) is 0. The van der Waals surface area contributed by atoms with Gasteiger partial charge < -0.3 is 4.42 Å². The second-order valence-corrected chi connectivity index (χ2v) is 6.30. The smallest absolute Gasteiger partial charge is 0.328 e. The summed E-state index contributed by atoms with van der Waals surface area (Å²) in [4.78, 5) is 12.0. The number of rotatable bonds is 2. The lowest BCUT2D eigenvalue weighted by Crippen LogP contribution is -2.19. The van der Waals surface area contributed by atoms with Gasteiger partial charge in [0, 0.05) is 19.7 Å².